The number of methoxy groups -OCH3 is 1. The average Bonchev–Trinajstić information content (AvgIpc) is 2.65. The number of hydrogen-bond acceptors (Lipinski definition) is 3. The molecular weight excluding hydrogens is 270 g/mol. The zero-order valence-corrected chi connectivity index (χ0v) is 13.3. The van der Waals surface area contributed by atoms with Crippen molar-refractivity contribution in [1.29, 1.82) is 0 Å². The monoisotopic (exact) mass is 299 g/mol. The zero-order valence-electron chi connectivity index (χ0n) is 13.3. The molecule has 0 aromatic rings. The summed E-state index contributed by atoms with van der Waals surface area (Å²) in [6.45, 7) is 2.53. The maximum atomic E-state index is 12.3. The van der Waals surface area contributed by atoms with Crippen molar-refractivity contribution in [3.8, 4) is 0 Å². The van der Waals surface area contributed by atoms with E-state index in [2.05, 4.69) is 12.2 Å². The fourth-order valence-electron chi connectivity index (χ4n) is 3.20. The van der Waals surface area contributed by atoms with E-state index in [1.807, 2.05) is 0 Å². The second kappa shape index (κ2) is 9.03. The molecule has 0 aromatic heterocycles. The fraction of sp³-hybridized carbons (Fsp3) is 0.875. The molecule has 1 rings (SSSR count). The maximum absolute atomic E-state index is 12.3. The summed E-state index contributed by atoms with van der Waals surface area (Å²) in [7, 11) is 1.61. The molecule has 0 saturated heterocycles. The van der Waals surface area contributed by atoms with Crippen LogP contribution in [0.2, 0.25) is 0 Å². The average molecular weight is 299 g/mol. The quantitative estimate of drug-likeness (QED) is 0.676. The van der Waals surface area contributed by atoms with Crippen molar-refractivity contribution >= 4 is 11.9 Å². The Morgan fingerprint density at radius 2 is 1.86 bits per heavy atom. The summed E-state index contributed by atoms with van der Waals surface area (Å²) in [5.41, 5.74) is -0.871. The van der Waals surface area contributed by atoms with Gasteiger partial charge in [0, 0.05) is 13.5 Å². The third-order valence-electron chi connectivity index (χ3n) is 4.38. The Hall–Kier alpha value is -1.10. The second-order valence-corrected chi connectivity index (χ2v) is 6.18. The van der Waals surface area contributed by atoms with Crippen LogP contribution < -0.4 is 5.32 Å². The van der Waals surface area contributed by atoms with Gasteiger partial charge in [-0.2, -0.15) is 0 Å². The minimum absolute atomic E-state index is 0.0240. The van der Waals surface area contributed by atoms with E-state index in [0.29, 0.717) is 19.4 Å². The summed E-state index contributed by atoms with van der Waals surface area (Å²) < 4.78 is 5.11. The van der Waals surface area contributed by atoms with Gasteiger partial charge in [-0.25, -0.2) is 0 Å². The topological polar surface area (TPSA) is 75.6 Å². The molecule has 2 N–H and O–H groups in total. The van der Waals surface area contributed by atoms with Gasteiger partial charge in [-0.15, -0.1) is 0 Å². The molecule has 5 heteroatoms. The predicted octanol–water partition coefficient (Wildman–Crippen LogP) is 2.73. The summed E-state index contributed by atoms with van der Waals surface area (Å²) in [6.07, 6.45) is 7.05. The van der Waals surface area contributed by atoms with Crippen LogP contribution in [0.15, 0.2) is 0 Å². The lowest BCUT2D eigenvalue weighted by Crippen LogP contribution is -2.42. The highest BCUT2D eigenvalue weighted by molar-refractivity contribution is 5.85. The largest absolute Gasteiger partial charge is 0.481 e. The van der Waals surface area contributed by atoms with E-state index in [1.54, 1.807) is 7.11 Å². The van der Waals surface area contributed by atoms with Crippen LogP contribution in [-0.4, -0.2) is 36.7 Å². The molecule has 1 aliphatic carbocycles. The van der Waals surface area contributed by atoms with E-state index in [9.17, 15) is 14.7 Å². The summed E-state index contributed by atoms with van der Waals surface area (Å²) in [5.74, 6) is -0.979. The number of hydrogen-bond donors (Lipinski definition) is 2. The summed E-state index contributed by atoms with van der Waals surface area (Å²) in [5, 5.41) is 12.5. The number of aliphatic carboxylic acids is 1. The number of nitrogens with one attached hydrogen (secondary N) is 1. The first-order valence-electron chi connectivity index (χ1n) is 8.06. The van der Waals surface area contributed by atoms with Gasteiger partial charge in [0.25, 0.3) is 0 Å². The van der Waals surface area contributed by atoms with Gasteiger partial charge >= 0.3 is 5.97 Å². The third kappa shape index (κ3) is 5.65. The van der Waals surface area contributed by atoms with Gasteiger partial charge in [0.15, 0.2) is 0 Å². The Morgan fingerprint density at radius 3 is 2.33 bits per heavy atom. The van der Waals surface area contributed by atoms with Crippen molar-refractivity contribution < 1.29 is 19.4 Å². The highest BCUT2D eigenvalue weighted by atomic mass is 16.5. The Kier molecular flexibility index (Phi) is 7.72. The number of carboxylic acid groups (broad SMARTS) is 1. The maximum Gasteiger partial charge on any atom is 0.310 e. The lowest BCUT2D eigenvalue weighted by molar-refractivity contribution is -0.153. The smallest absolute Gasteiger partial charge is 0.310 e. The number of carbonyl (C=O) groups excluding carboxylic acids is 1. The third-order valence-corrected chi connectivity index (χ3v) is 4.38. The van der Waals surface area contributed by atoms with Gasteiger partial charge < -0.3 is 15.2 Å². The van der Waals surface area contributed by atoms with Crippen LogP contribution >= 0.6 is 0 Å². The van der Waals surface area contributed by atoms with E-state index in [1.165, 1.54) is 0 Å². The van der Waals surface area contributed by atoms with Gasteiger partial charge in [0.05, 0.1) is 18.1 Å². The first kappa shape index (κ1) is 18.0. The van der Waals surface area contributed by atoms with E-state index < -0.39 is 11.4 Å². The Bertz CT molecular complexity index is 329. The highest BCUT2D eigenvalue weighted by Crippen LogP contribution is 2.38. The zero-order chi connectivity index (χ0) is 15.7. The highest BCUT2D eigenvalue weighted by Gasteiger charge is 2.40. The van der Waals surface area contributed by atoms with Crippen LogP contribution in [0.1, 0.15) is 64.7 Å². The Balaban J connectivity index is 2.65. The molecule has 1 unspecified atom stereocenters. The summed E-state index contributed by atoms with van der Waals surface area (Å²) in [4.78, 5) is 24.0. The number of ether oxygens (including phenoxy) is 1. The van der Waals surface area contributed by atoms with Crippen LogP contribution in [0, 0.1) is 5.41 Å². The lowest BCUT2D eigenvalue weighted by Gasteiger charge is -2.28. The van der Waals surface area contributed by atoms with Crippen LogP contribution in [0.5, 0.6) is 0 Å². The number of carbonyl (C=O) groups is 2. The SMILES string of the molecule is CCCC(COC)NC(=O)CC1(C(=O)O)CCCCCC1. The van der Waals surface area contributed by atoms with E-state index in [-0.39, 0.29) is 18.4 Å². The molecule has 0 bridgehead atoms. The Labute approximate surface area is 127 Å². The van der Waals surface area contributed by atoms with E-state index in [4.69, 9.17) is 4.74 Å². The van der Waals surface area contributed by atoms with Gasteiger partial charge in [-0.1, -0.05) is 39.0 Å². The molecule has 1 fully saturated rings. The molecule has 122 valence electrons. The molecule has 0 radical (unpaired) electrons. The predicted molar refractivity (Wildman–Crippen MR) is 81.1 cm³/mol. The van der Waals surface area contributed by atoms with Crippen molar-refractivity contribution in [2.45, 2.75) is 70.8 Å². The number of amides is 1. The molecule has 0 aliphatic heterocycles. The number of rotatable bonds is 8. The molecule has 1 aliphatic rings. The van der Waals surface area contributed by atoms with Gasteiger partial charge in [0.1, 0.15) is 0 Å². The van der Waals surface area contributed by atoms with E-state index in [0.717, 1.165) is 38.5 Å². The van der Waals surface area contributed by atoms with Crippen molar-refractivity contribution in [2.24, 2.45) is 5.41 Å². The van der Waals surface area contributed by atoms with Crippen molar-refractivity contribution in [3.05, 3.63) is 0 Å². The molecule has 5 nitrogen and oxygen atoms in total. The van der Waals surface area contributed by atoms with Crippen LogP contribution in [0.25, 0.3) is 0 Å². The van der Waals surface area contributed by atoms with Crippen molar-refractivity contribution in [2.75, 3.05) is 13.7 Å². The molecule has 21 heavy (non-hydrogen) atoms. The first-order valence-corrected chi connectivity index (χ1v) is 8.06. The van der Waals surface area contributed by atoms with Gasteiger partial charge in [0.2, 0.25) is 5.91 Å². The van der Waals surface area contributed by atoms with E-state index >= 15 is 0 Å². The van der Waals surface area contributed by atoms with Crippen molar-refractivity contribution in [1.82, 2.24) is 5.32 Å². The Morgan fingerprint density at radius 1 is 1.24 bits per heavy atom. The normalized spacial score (nSPS) is 19.5. The van der Waals surface area contributed by atoms with Crippen LogP contribution in [0.4, 0.5) is 0 Å². The summed E-state index contributed by atoms with van der Waals surface area (Å²) >= 11 is 0. The molecule has 1 atom stereocenters. The first-order chi connectivity index (χ1) is 10.0. The fourth-order valence-corrected chi connectivity index (χ4v) is 3.20. The summed E-state index contributed by atoms with van der Waals surface area (Å²) in [6, 6.07) is -0.0240. The molecule has 0 heterocycles. The second-order valence-electron chi connectivity index (χ2n) is 6.18. The van der Waals surface area contributed by atoms with Crippen LogP contribution in [-0.2, 0) is 14.3 Å². The molecular formula is C16H29NO4. The number of carboxylic acids is 1. The molecule has 1 saturated carbocycles. The standard InChI is InChI=1S/C16H29NO4/c1-3-8-13(12-21-2)17-14(18)11-16(15(19)20)9-6-4-5-7-10-16/h13H,3-12H2,1-2H3,(H,17,18)(H,19,20). The molecule has 0 aromatic carbocycles. The molecule has 1 amide bonds. The van der Waals surface area contributed by atoms with Gasteiger partial charge in [-0.3, -0.25) is 9.59 Å². The molecule has 0 spiro atoms. The lowest BCUT2D eigenvalue weighted by atomic mass is 9.77. The minimum Gasteiger partial charge on any atom is -0.481 e. The minimum atomic E-state index is -0.871. The van der Waals surface area contributed by atoms with Crippen molar-refractivity contribution in [3.63, 3.8) is 0 Å². The van der Waals surface area contributed by atoms with Gasteiger partial charge in [-0.05, 0) is 19.3 Å². The van der Waals surface area contributed by atoms with Crippen LogP contribution in [0.3, 0.4) is 0 Å².